The summed E-state index contributed by atoms with van der Waals surface area (Å²) in [5.74, 6) is -0.237. The third kappa shape index (κ3) is 5.21. The Morgan fingerprint density at radius 1 is 1.09 bits per heavy atom. The Morgan fingerprint density at radius 3 is 2.50 bits per heavy atom. The zero-order valence-corrected chi connectivity index (χ0v) is 19.0. The van der Waals surface area contributed by atoms with Crippen LogP contribution in [0, 0.1) is 0 Å². The molecule has 11 nitrogen and oxygen atoms in total. The van der Waals surface area contributed by atoms with Gasteiger partial charge in [0.05, 0.1) is 17.9 Å². The number of aromatic nitrogens is 5. The average Bonchev–Trinajstić information content (AvgIpc) is 3.24. The van der Waals surface area contributed by atoms with E-state index in [4.69, 9.17) is 11.5 Å². The Kier molecular flexibility index (Phi) is 6.75. The van der Waals surface area contributed by atoms with Crippen LogP contribution in [0.3, 0.4) is 0 Å². The molecule has 0 aliphatic rings. The van der Waals surface area contributed by atoms with Crippen molar-refractivity contribution in [2.24, 2.45) is 5.73 Å². The molecule has 3 heterocycles. The fourth-order valence-corrected chi connectivity index (χ4v) is 3.57. The summed E-state index contributed by atoms with van der Waals surface area (Å²) in [6, 6.07) is 1.27. The van der Waals surface area contributed by atoms with Crippen molar-refractivity contribution in [3.8, 4) is 0 Å². The molecule has 6 N–H and O–H groups in total. The number of hydrogen-bond acceptors (Lipinski definition) is 10. The number of rotatable bonds is 6. The van der Waals surface area contributed by atoms with Crippen molar-refractivity contribution in [2.45, 2.75) is 45.7 Å². The third-order valence-electron chi connectivity index (χ3n) is 4.54. The van der Waals surface area contributed by atoms with Crippen molar-refractivity contribution in [1.82, 2.24) is 30.2 Å². The van der Waals surface area contributed by atoms with E-state index in [1.807, 2.05) is 20.8 Å². The third-order valence-corrected chi connectivity index (χ3v) is 5.72. The molecule has 12 heteroatoms. The Bertz CT molecular complexity index is 1140. The molecular formula is C20H25N9O2S. The molecule has 0 spiro atoms. The number of carbonyl (C=O) groups is 2. The molecule has 0 saturated heterocycles. The minimum atomic E-state index is -0.470. The first-order chi connectivity index (χ1) is 15.1. The first-order valence-electron chi connectivity index (χ1n) is 9.80. The van der Waals surface area contributed by atoms with Gasteiger partial charge >= 0.3 is 0 Å². The SMILES string of the molecule is C[C@H](NC(=O)c1ncnc(N)c1CN)c1ncc(C(=O)Nc2cc(C(C)(C)C)ncn2)s1. The molecule has 32 heavy (non-hydrogen) atoms. The molecule has 0 aromatic carbocycles. The number of nitrogens with zero attached hydrogens (tertiary/aromatic N) is 5. The lowest BCUT2D eigenvalue weighted by atomic mass is 9.92. The molecule has 0 unspecified atom stereocenters. The minimum Gasteiger partial charge on any atom is -0.383 e. The quantitative estimate of drug-likeness (QED) is 0.432. The number of nitrogens with two attached hydrogens (primary N) is 2. The van der Waals surface area contributed by atoms with Crippen LogP contribution in [0.15, 0.2) is 24.9 Å². The summed E-state index contributed by atoms with van der Waals surface area (Å²) in [4.78, 5) is 46.1. The summed E-state index contributed by atoms with van der Waals surface area (Å²) >= 11 is 1.16. The molecule has 3 rings (SSSR count). The minimum absolute atomic E-state index is 0.0331. The van der Waals surface area contributed by atoms with E-state index >= 15 is 0 Å². The van der Waals surface area contributed by atoms with Crippen molar-refractivity contribution in [1.29, 1.82) is 0 Å². The van der Waals surface area contributed by atoms with E-state index in [0.29, 0.717) is 21.3 Å². The number of nitrogens with one attached hydrogen (secondary N) is 2. The van der Waals surface area contributed by atoms with Crippen LogP contribution in [0.25, 0.3) is 0 Å². The van der Waals surface area contributed by atoms with Gasteiger partial charge in [-0.2, -0.15) is 0 Å². The van der Waals surface area contributed by atoms with Gasteiger partial charge in [0.1, 0.15) is 39.9 Å². The monoisotopic (exact) mass is 455 g/mol. The van der Waals surface area contributed by atoms with E-state index in [2.05, 4.69) is 35.6 Å². The number of nitrogen functional groups attached to an aromatic ring is 1. The van der Waals surface area contributed by atoms with Crippen molar-refractivity contribution in [3.63, 3.8) is 0 Å². The summed E-state index contributed by atoms with van der Waals surface area (Å²) in [5, 5.41) is 6.11. The Labute approximate surface area is 189 Å². The zero-order valence-electron chi connectivity index (χ0n) is 18.2. The second kappa shape index (κ2) is 9.32. The molecule has 0 fully saturated rings. The molecule has 0 aliphatic heterocycles. The highest BCUT2D eigenvalue weighted by atomic mass is 32.1. The smallest absolute Gasteiger partial charge is 0.270 e. The van der Waals surface area contributed by atoms with Crippen molar-refractivity contribution in [3.05, 3.63) is 51.8 Å². The van der Waals surface area contributed by atoms with Crippen LogP contribution in [0.2, 0.25) is 0 Å². The van der Waals surface area contributed by atoms with Gasteiger partial charge in [-0.3, -0.25) is 9.59 Å². The van der Waals surface area contributed by atoms with Gasteiger partial charge in [-0.05, 0) is 6.92 Å². The van der Waals surface area contributed by atoms with Gasteiger partial charge in [0, 0.05) is 23.6 Å². The highest BCUT2D eigenvalue weighted by molar-refractivity contribution is 7.13. The summed E-state index contributed by atoms with van der Waals surface area (Å²) in [6.45, 7) is 7.87. The Morgan fingerprint density at radius 2 is 1.81 bits per heavy atom. The highest BCUT2D eigenvalue weighted by Crippen LogP contribution is 2.24. The fraction of sp³-hybridized carbons (Fsp3) is 0.350. The summed E-state index contributed by atoms with van der Waals surface area (Å²) in [5.41, 5.74) is 12.5. The molecule has 2 amide bonds. The van der Waals surface area contributed by atoms with Gasteiger partial charge in [0.2, 0.25) is 0 Å². The largest absolute Gasteiger partial charge is 0.383 e. The molecule has 0 radical (unpaired) electrons. The predicted molar refractivity (Wildman–Crippen MR) is 121 cm³/mol. The van der Waals surface area contributed by atoms with Gasteiger partial charge in [0.15, 0.2) is 0 Å². The van der Waals surface area contributed by atoms with E-state index in [9.17, 15) is 9.59 Å². The van der Waals surface area contributed by atoms with Crippen molar-refractivity contribution in [2.75, 3.05) is 11.1 Å². The highest BCUT2D eigenvalue weighted by Gasteiger charge is 2.21. The Balaban J connectivity index is 1.69. The van der Waals surface area contributed by atoms with E-state index in [0.717, 1.165) is 17.0 Å². The molecule has 3 aromatic heterocycles. The van der Waals surface area contributed by atoms with Crippen LogP contribution >= 0.6 is 11.3 Å². The van der Waals surface area contributed by atoms with Crippen LogP contribution in [0.4, 0.5) is 11.6 Å². The molecule has 1 atom stereocenters. The summed E-state index contributed by atoms with van der Waals surface area (Å²) < 4.78 is 0. The normalized spacial score (nSPS) is 12.3. The number of anilines is 2. The maximum atomic E-state index is 12.6. The number of hydrogen-bond donors (Lipinski definition) is 4. The number of amides is 2. The van der Waals surface area contributed by atoms with Gasteiger partial charge in [-0.1, -0.05) is 20.8 Å². The van der Waals surface area contributed by atoms with Gasteiger partial charge in [-0.15, -0.1) is 11.3 Å². The van der Waals surface area contributed by atoms with Crippen LogP contribution in [-0.4, -0.2) is 36.7 Å². The maximum Gasteiger partial charge on any atom is 0.270 e. The topological polar surface area (TPSA) is 175 Å². The maximum absolute atomic E-state index is 12.6. The fourth-order valence-electron chi connectivity index (χ4n) is 2.76. The number of carbonyl (C=O) groups excluding carboxylic acids is 2. The van der Waals surface area contributed by atoms with E-state index in [1.165, 1.54) is 18.9 Å². The average molecular weight is 456 g/mol. The molecule has 3 aromatic rings. The van der Waals surface area contributed by atoms with Crippen LogP contribution in [0.5, 0.6) is 0 Å². The lowest BCUT2D eigenvalue weighted by molar-refractivity contribution is 0.0933. The van der Waals surface area contributed by atoms with E-state index in [-0.39, 0.29) is 29.4 Å². The summed E-state index contributed by atoms with van der Waals surface area (Å²) in [7, 11) is 0. The number of thiazole rings is 1. The summed E-state index contributed by atoms with van der Waals surface area (Å²) in [6.07, 6.45) is 4.08. The first kappa shape index (κ1) is 23.2. The van der Waals surface area contributed by atoms with Crippen molar-refractivity contribution < 1.29 is 9.59 Å². The van der Waals surface area contributed by atoms with Crippen LogP contribution in [0.1, 0.15) is 70.2 Å². The molecule has 0 saturated carbocycles. The second-order valence-corrected chi connectivity index (χ2v) is 9.10. The van der Waals surface area contributed by atoms with Crippen molar-refractivity contribution >= 4 is 34.8 Å². The standard InChI is InChI=1S/C20H25N9O2S/c1-10(28-18(31)15-11(6-21)16(22)27-9-26-15)19-23-7-12(32-19)17(30)29-14-5-13(20(2,3)4)24-8-25-14/h5,7-10H,6,21H2,1-4H3,(H,28,31)(H2,22,26,27)(H,24,25,29,30)/t10-/m0/s1. The first-order valence-corrected chi connectivity index (χ1v) is 10.6. The van der Waals surface area contributed by atoms with Gasteiger partial charge in [-0.25, -0.2) is 24.9 Å². The lowest BCUT2D eigenvalue weighted by Gasteiger charge is -2.17. The van der Waals surface area contributed by atoms with Gasteiger partial charge < -0.3 is 22.1 Å². The van der Waals surface area contributed by atoms with Crippen LogP contribution in [-0.2, 0) is 12.0 Å². The Hall–Kier alpha value is -3.51. The molecule has 168 valence electrons. The van der Waals surface area contributed by atoms with Crippen LogP contribution < -0.4 is 22.1 Å². The lowest BCUT2D eigenvalue weighted by Crippen LogP contribution is -2.29. The zero-order chi connectivity index (χ0) is 23.5. The predicted octanol–water partition coefficient (Wildman–Crippen LogP) is 1.80. The second-order valence-electron chi connectivity index (χ2n) is 8.04. The van der Waals surface area contributed by atoms with E-state index in [1.54, 1.807) is 13.0 Å². The van der Waals surface area contributed by atoms with Gasteiger partial charge in [0.25, 0.3) is 11.8 Å². The molecule has 0 aliphatic carbocycles. The molecule has 0 bridgehead atoms. The van der Waals surface area contributed by atoms with E-state index < -0.39 is 11.9 Å². The molecular weight excluding hydrogens is 430 g/mol.